The molecule has 1 saturated heterocycles. The summed E-state index contributed by atoms with van der Waals surface area (Å²) in [6.45, 7) is 4.90. The summed E-state index contributed by atoms with van der Waals surface area (Å²) < 4.78 is 0. The summed E-state index contributed by atoms with van der Waals surface area (Å²) in [4.78, 5) is 10.9. The molecule has 5 nitrogen and oxygen atoms in total. The predicted molar refractivity (Wildman–Crippen MR) is 72.6 cm³/mol. The standard InChI is InChI=1S/C13H22N4O/c1-9-12(14)15-10(2)16-13(9)17-7-5-3-4-6-11(17)8-18/h11,18H,3-8H2,1-2H3,(H2,14,15,16). The maximum absolute atomic E-state index is 9.56. The number of nitrogens with two attached hydrogens (primary N) is 1. The molecule has 3 N–H and O–H groups in total. The molecular weight excluding hydrogens is 228 g/mol. The molecule has 1 aliphatic rings. The van der Waals surface area contributed by atoms with Crippen LogP contribution in [0.25, 0.3) is 0 Å². The fourth-order valence-corrected chi connectivity index (χ4v) is 2.56. The molecule has 1 aromatic heterocycles. The van der Waals surface area contributed by atoms with Gasteiger partial charge in [-0.3, -0.25) is 0 Å². The van der Waals surface area contributed by atoms with E-state index in [9.17, 15) is 5.11 Å². The number of hydrogen-bond acceptors (Lipinski definition) is 5. The average molecular weight is 250 g/mol. The third kappa shape index (κ3) is 2.56. The van der Waals surface area contributed by atoms with Gasteiger partial charge in [-0.05, 0) is 26.7 Å². The van der Waals surface area contributed by atoms with Crippen molar-refractivity contribution < 1.29 is 5.11 Å². The number of rotatable bonds is 2. The summed E-state index contributed by atoms with van der Waals surface area (Å²) >= 11 is 0. The molecule has 1 aliphatic heterocycles. The van der Waals surface area contributed by atoms with Gasteiger partial charge in [0.1, 0.15) is 17.5 Å². The molecule has 0 spiro atoms. The van der Waals surface area contributed by atoms with E-state index in [4.69, 9.17) is 5.73 Å². The zero-order valence-electron chi connectivity index (χ0n) is 11.2. The van der Waals surface area contributed by atoms with Gasteiger partial charge in [-0.2, -0.15) is 0 Å². The smallest absolute Gasteiger partial charge is 0.137 e. The number of aryl methyl sites for hydroxylation is 1. The molecule has 1 atom stereocenters. The van der Waals surface area contributed by atoms with Crippen LogP contribution in [0.1, 0.15) is 37.1 Å². The summed E-state index contributed by atoms with van der Waals surface area (Å²) in [5.74, 6) is 2.12. The Bertz CT molecular complexity index is 422. The van der Waals surface area contributed by atoms with Gasteiger partial charge in [-0.25, -0.2) is 9.97 Å². The summed E-state index contributed by atoms with van der Waals surface area (Å²) in [6.07, 6.45) is 4.53. The lowest BCUT2D eigenvalue weighted by molar-refractivity contribution is 0.254. The highest BCUT2D eigenvalue weighted by atomic mass is 16.3. The molecule has 1 aromatic rings. The molecule has 1 fully saturated rings. The van der Waals surface area contributed by atoms with Gasteiger partial charge in [0.05, 0.1) is 12.6 Å². The average Bonchev–Trinajstić information content (AvgIpc) is 2.58. The first-order valence-electron chi connectivity index (χ1n) is 6.61. The van der Waals surface area contributed by atoms with E-state index in [1.54, 1.807) is 0 Å². The highest BCUT2D eigenvalue weighted by Crippen LogP contribution is 2.27. The maximum Gasteiger partial charge on any atom is 0.137 e. The topological polar surface area (TPSA) is 75.3 Å². The summed E-state index contributed by atoms with van der Waals surface area (Å²) in [6, 6.07) is 0.153. The molecular formula is C13H22N4O. The number of nitrogen functional groups attached to an aromatic ring is 1. The van der Waals surface area contributed by atoms with E-state index in [0.29, 0.717) is 11.6 Å². The van der Waals surface area contributed by atoms with Crippen molar-refractivity contribution in [3.05, 3.63) is 11.4 Å². The van der Waals surface area contributed by atoms with E-state index >= 15 is 0 Å². The van der Waals surface area contributed by atoms with E-state index in [0.717, 1.165) is 30.8 Å². The molecule has 0 bridgehead atoms. The second-order valence-corrected chi connectivity index (χ2v) is 4.98. The molecule has 2 rings (SSSR count). The molecule has 1 unspecified atom stereocenters. The van der Waals surface area contributed by atoms with Crippen LogP contribution in [0.4, 0.5) is 11.6 Å². The first-order chi connectivity index (χ1) is 8.63. The lowest BCUT2D eigenvalue weighted by Gasteiger charge is -2.31. The van der Waals surface area contributed by atoms with Crippen molar-refractivity contribution in [3.63, 3.8) is 0 Å². The SMILES string of the molecule is Cc1nc(N)c(C)c(N2CCCCCC2CO)n1. The zero-order chi connectivity index (χ0) is 13.1. The minimum Gasteiger partial charge on any atom is -0.394 e. The van der Waals surface area contributed by atoms with E-state index in [2.05, 4.69) is 14.9 Å². The van der Waals surface area contributed by atoms with Crippen LogP contribution in [-0.4, -0.2) is 34.3 Å². The molecule has 0 aromatic carbocycles. The predicted octanol–water partition coefficient (Wildman–Crippen LogP) is 1.42. The second kappa shape index (κ2) is 5.52. The first-order valence-corrected chi connectivity index (χ1v) is 6.61. The largest absolute Gasteiger partial charge is 0.394 e. The van der Waals surface area contributed by atoms with E-state index in [1.807, 2.05) is 13.8 Å². The van der Waals surface area contributed by atoms with Gasteiger partial charge in [-0.1, -0.05) is 12.8 Å². The summed E-state index contributed by atoms with van der Waals surface area (Å²) in [5, 5.41) is 9.56. The quantitative estimate of drug-likeness (QED) is 0.830. The molecule has 0 amide bonds. The molecule has 100 valence electrons. The maximum atomic E-state index is 9.56. The van der Waals surface area contributed by atoms with E-state index < -0.39 is 0 Å². The van der Waals surface area contributed by atoms with Gasteiger partial charge in [0, 0.05) is 12.1 Å². The highest BCUT2D eigenvalue weighted by molar-refractivity contribution is 5.57. The van der Waals surface area contributed by atoms with Crippen LogP contribution < -0.4 is 10.6 Å². The third-order valence-electron chi connectivity index (χ3n) is 3.63. The molecule has 0 aliphatic carbocycles. The molecule has 0 radical (unpaired) electrons. The van der Waals surface area contributed by atoms with Gasteiger partial charge in [-0.15, -0.1) is 0 Å². The molecule has 0 saturated carbocycles. The first kappa shape index (κ1) is 13.1. The molecule has 2 heterocycles. The Balaban J connectivity index is 2.38. The molecule has 5 heteroatoms. The Morgan fingerprint density at radius 3 is 2.78 bits per heavy atom. The van der Waals surface area contributed by atoms with Crippen LogP contribution in [0.2, 0.25) is 0 Å². The Labute approximate surface area is 108 Å². The third-order valence-corrected chi connectivity index (χ3v) is 3.63. The molecule has 18 heavy (non-hydrogen) atoms. The van der Waals surface area contributed by atoms with Gasteiger partial charge in [0.15, 0.2) is 0 Å². The van der Waals surface area contributed by atoms with Crippen molar-refractivity contribution in [2.75, 3.05) is 23.8 Å². The van der Waals surface area contributed by atoms with Crippen LogP contribution in [0.5, 0.6) is 0 Å². The van der Waals surface area contributed by atoms with Crippen LogP contribution in [-0.2, 0) is 0 Å². The number of aliphatic hydroxyl groups excluding tert-OH is 1. The monoisotopic (exact) mass is 250 g/mol. The van der Waals surface area contributed by atoms with Crippen LogP contribution in [0.15, 0.2) is 0 Å². The highest BCUT2D eigenvalue weighted by Gasteiger charge is 2.24. The normalized spacial score (nSPS) is 20.8. The lowest BCUT2D eigenvalue weighted by atomic mass is 10.1. The number of anilines is 2. The number of hydrogen-bond donors (Lipinski definition) is 2. The van der Waals surface area contributed by atoms with Gasteiger partial charge < -0.3 is 15.7 Å². The second-order valence-electron chi connectivity index (χ2n) is 4.98. The van der Waals surface area contributed by atoms with Crippen LogP contribution >= 0.6 is 0 Å². The van der Waals surface area contributed by atoms with Crippen molar-refractivity contribution >= 4 is 11.6 Å². The number of aliphatic hydroxyl groups is 1. The van der Waals surface area contributed by atoms with Crippen molar-refractivity contribution in [3.8, 4) is 0 Å². The van der Waals surface area contributed by atoms with Crippen LogP contribution in [0.3, 0.4) is 0 Å². The lowest BCUT2D eigenvalue weighted by Crippen LogP contribution is -2.39. The fraction of sp³-hybridized carbons (Fsp3) is 0.692. The van der Waals surface area contributed by atoms with Gasteiger partial charge in [0.25, 0.3) is 0 Å². The summed E-state index contributed by atoms with van der Waals surface area (Å²) in [7, 11) is 0. The minimum absolute atomic E-state index is 0.153. The number of nitrogens with zero attached hydrogens (tertiary/aromatic N) is 3. The van der Waals surface area contributed by atoms with Crippen molar-refractivity contribution in [2.24, 2.45) is 0 Å². The minimum atomic E-state index is 0.153. The summed E-state index contributed by atoms with van der Waals surface area (Å²) in [5.41, 5.74) is 6.83. The Morgan fingerprint density at radius 1 is 1.28 bits per heavy atom. The van der Waals surface area contributed by atoms with E-state index in [-0.39, 0.29) is 12.6 Å². The fourth-order valence-electron chi connectivity index (χ4n) is 2.56. The Kier molecular flexibility index (Phi) is 4.01. The Hall–Kier alpha value is -1.36. The zero-order valence-corrected chi connectivity index (χ0v) is 11.2. The van der Waals surface area contributed by atoms with Gasteiger partial charge in [0.2, 0.25) is 0 Å². The van der Waals surface area contributed by atoms with Crippen molar-refractivity contribution in [1.29, 1.82) is 0 Å². The van der Waals surface area contributed by atoms with Crippen molar-refractivity contribution in [2.45, 2.75) is 45.6 Å². The van der Waals surface area contributed by atoms with E-state index in [1.165, 1.54) is 12.8 Å². The van der Waals surface area contributed by atoms with Crippen LogP contribution in [0, 0.1) is 13.8 Å². The Morgan fingerprint density at radius 2 is 2.06 bits per heavy atom. The number of aromatic nitrogens is 2. The van der Waals surface area contributed by atoms with Gasteiger partial charge >= 0.3 is 0 Å². The van der Waals surface area contributed by atoms with Crippen molar-refractivity contribution in [1.82, 2.24) is 9.97 Å².